The first-order valence-electron chi connectivity index (χ1n) is 4.16. The average Bonchev–Trinajstić information content (AvgIpc) is 2.24. The summed E-state index contributed by atoms with van der Waals surface area (Å²) in [6.07, 6.45) is 0.847. The van der Waals surface area contributed by atoms with E-state index in [0.29, 0.717) is 5.56 Å². The lowest BCUT2D eigenvalue weighted by atomic mass is 10.1. The van der Waals surface area contributed by atoms with Crippen LogP contribution in [0.3, 0.4) is 0 Å². The van der Waals surface area contributed by atoms with Gasteiger partial charge >= 0.3 is 0 Å². The third-order valence-corrected chi connectivity index (χ3v) is 4.89. The van der Waals surface area contributed by atoms with Crippen LogP contribution in [-0.4, -0.2) is 6.29 Å². The third-order valence-electron chi connectivity index (χ3n) is 2.15. The Kier molecular flexibility index (Phi) is 3.28. The highest BCUT2D eigenvalue weighted by atomic mass is 79.9. The molecule has 0 heterocycles. The fraction of sp³-hybridized carbons (Fsp3) is 0. The molecular weight excluding hydrogens is 388 g/mol. The molecule has 15 heavy (non-hydrogen) atoms. The maximum atomic E-state index is 10.8. The van der Waals surface area contributed by atoms with Gasteiger partial charge in [-0.2, -0.15) is 0 Å². The van der Waals surface area contributed by atoms with Gasteiger partial charge in [-0.15, -0.1) is 0 Å². The molecule has 2 aromatic rings. The molecule has 0 radical (unpaired) electrons. The fourth-order valence-electron chi connectivity index (χ4n) is 1.39. The molecule has 2 rings (SSSR count). The molecule has 0 amide bonds. The molecule has 0 saturated carbocycles. The van der Waals surface area contributed by atoms with Crippen molar-refractivity contribution in [3.8, 4) is 0 Å². The Labute approximate surface area is 112 Å². The summed E-state index contributed by atoms with van der Waals surface area (Å²) in [5.74, 6) is 0. The number of fused-ring (bicyclic) bond motifs is 1. The number of halogens is 3. The van der Waals surface area contributed by atoms with Crippen molar-refractivity contribution in [2.24, 2.45) is 0 Å². The van der Waals surface area contributed by atoms with Gasteiger partial charge in [0.1, 0.15) is 0 Å². The average molecular weight is 393 g/mol. The minimum absolute atomic E-state index is 0.664. The number of carbonyl (C=O) groups excluding carboxylic acids is 1. The Morgan fingerprint density at radius 3 is 2.40 bits per heavy atom. The van der Waals surface area contributed by atoms with Crippen LogP contribution in [0.4, 0.5) is 0 Å². The van der Waals surface area contributed by atoms with Gasteiger partial charge in [-0.25, -0.2) is 0 Å². The van der Waals surface area contributed by atoms with Gasteiger partial charge in [0, 0.05) is 19.0 Å². The number of rotatable bonds is 1. The molecule has 0 aliphatic heterocycles. The maximum absolute atomic E-state index is 10.8. The van der Waals surface area contributed by atoms with Crippen LogP contribution >= 0.6 is 47.8 Å². The van der Waals surface area contributed by atoms with E-state index in [1.165, 1.54) is 0 Å². The quantitative estimate of drug-likeness (QED) is 0.628. The molecule has 2 aromatic carbocycles. The van der Waals surface area contributed by atoms with Crippen LogP contribution in [-0.2, 0) is 0 Å². The molecule has 1 nitrogen and oxygen atoms in total. The largest absolute Gasteiger partial charge is 0.298 e. The van der Waals surface area contributed by atoms with E-state index in [4.69, 9.17) is 0 Å². The molecule has 0 N–H and O–H groups in total. The van der Waals surface area contributed by atoms with Crippen LogP contribution < -0.4 is 0 Å². The van der Waals surface area contributed by atoms with Crippen molar-refractivity contribution in [2.45, 2.75) is 0 Å². The first kappa shape index (κ1) is 11.3. The summed E-state index contributed by atoms with van der Waals surface area (Å²) in [7, 11) is 0. The van der Waals surface area contributed by atoms with E-state index in [1.807, 2.05) is 24.3 Å². The van der Waals surface area contributed by atoms with Crippen molar-refractivity contribution in [3.05, 3.63) is 43.2 Å². The summed E-state index contributed by atoms with van der Waals surface area (Å²) in [6.45, 7) is 0. The predicted molar refractivity (Wildman–Crippen MR) is 72.4 cm³/mol. The zero-order valence-corrected chi connectivity index (χ0v) is 12.2. The molecule has 0 bridgehead atoms. The third kappa shape index (κ3) is 2.03. The smallest absolute Gasteiger partial charge is 0.151 e. The fourth-order valence-corrected chi connectivity index (χ4v) is 2.65. The molecule has 0 saturated heterocycles. The van der Waals surface area contributed by atoms with Gasteiger partial charge in [-0.1, -0.05) is 22.0 Å². The second-order valence-electron chi connectivity index (χ2n) is 3.07. The molecular formula is C11H5Br3O. The molecule has 0 aliphatic carbocycles. The highest BCUT2D eigenvalue weighted by molar-refractivity contribution is 9.13. The number of carbonyl (C=O) groups is 1. The summed E-state index contributed by atoms with van der Waals surface area (Å²) < 4.78 is 2.81. The lowest BCUT2D eigenvalue weighted by molar-refractivity contribution is 0.112. The van der Waals surface area contributed by atoms with Crippen molar-refractivity contribution < 1.29 is 4.79 Å². The van der Waals surface area contributed by atoms with Crippen LogP contribution in [0.1, 0.15) is 10.4 Å². The summed E-state index contributed by atoms with van der Waals surface area (Å²) in [5.41, 5.74) is 0.664. The van der Waals surface area contributed by atoms with Gasteiger partial charge in [-0.05, 0) is 60.8 Å². The lowest BCUT2D eigenvalue weighted by Crippen LogP contribution is -1.84. The SMILES string of the molecule is O=Cc1cc2ccc(Br)c(Br)c2cc1Br. The van der Waals surface area contributed by atoms with E-state index in [9.17, 15) is 4.79 Å². The van der Waals surface area contributed by atoms with Gasteiger partial charge in [0.15, 0.2) is 6.29 Å². The maximum Gasteiger partial charge on any atom is 0.151 e. The molecule has 76 valence electrons. The van der Waals surface area contributed by atoms with E-state index in [0.717, 1.165) is 30.5 Å². The molecule has 0 aliphatic rings. The Morgan fingerprint density at radius 2 is 1.73 bits per heavy atom. The Hall–Kier alpha value is -0.190. The van der Waals surface area contributed by atoms with E-state index < -0.39 is 0 Å². The number of benzene rings is 2. The van der Waals surface area contributed by atoms with Gasteiger partial charge in [0.2, 0.25) is 0 Å². The highest BCUT2D eigenvalue weighted by Crippen LogP contribution is 2.34. The van der Waals surface area contributed by atoms with Crippen LogP contribution in [0.2, 0.25) is 0 Å². The monoisotopic (exact) mass is 390 g/mol. The van der Waals surface area contributed by atoms with Crippen molar-refractivity contribution in [1.82, 2.24) is 0 Å². The lowest BCUT2D eigenvalue weighted by Gasteiger charge is -2.05. The number of hydrogen-bond donors (Lipinski definition) is 0. The van der Waals surface area contributed by atoms with Crippen LogP contribution in [0.25, 0.3) is 10.8 Å². The van der Waals surface area contributed by atoms with E-state index >= 15 is 0 Å². The second-order valence-corrected chi connectivity index (χ2v) is 5.58. The molecule has 0 atom stereocenters. The van der Waals surface area contributed by atoms with Crippen LogP contribution in [0, 0.1) is 0 Å². The standard InChI is InChI=1S/C11H5Br3O/c12-9-2-1-6-3-7(5-15)10(13)4-8(6)11(9)14/h1-5H. The van der Waals surface area contributed by atoms with E-state index in [-0.39, 0.29) is 0 Å². The zero-order chi connectivity index (χ0) is 11.0. The summed E-state index contributed by atoms with van der Waals surface area (Å²) in [4.78, 5) is 10.8. The van der Waals surface area contributed by atoms with Gasteiger partial charge in [0.25, 0.3) is 0 Å². The summed E-state index contributed by atoms with van der Waals surface area (Å²) in [6, 6.07) is 7.73. The molecule has 0 aromatic heterocycles. The van der Waals surface area contributed by atoms with Crippen LogP contribution in [0.5, 0.6) is 0 Å². The number of aldehydes is 1. The Balaban J connectivity index is 2.87. The van der Waals surface area contributed by atoms with Gasteiger partial charge in [-0.3, -0.25) is 4.79 Å². The summed E-state index contributed by atoms with van der Waals surface area (Å²) in [5, 5.41) is 2.11. The first-order valence-corrected chi connectivity index (χ1v) is 6.54. The number of hydrogen-bond acceptors (Lipinski definition) is 1. The Morgan fingerprint density at radius 1 is 1.00 bits per heavy atom. The highest BCUT2D eigenvalue weighted by Gasteiger charge is 2.06. The van der Waals surface area contributed by atoms with Crippen molar-refractivity contribution >= 4 is 64.8 Å². The molecule has 0 unspecified atom stereocenters. The van der Waals surface area contributed by atoms with Crippen molar-refractivity contribution in [1.29, 1.82) is 0 Å². The van der Waals surface area contributed by atoms with Gasteiger partial charge in [0.05, 0.1) is 0 Å². The Bertz CT molecular complexity index is 549. The normalized spacial score (nSPS) is 10.6. The van der Waals surface area contributed by atoms with Crippen LogP contribution in [0.15, 0.2) is 37.7 Å². The van der Waals surface area contributed by atoms with Crippen molar-refractivity contribution in [3.63, 3.8) is 0 Å². The topological polar surface area (TPSA) is 17.1 Å². The predicted octanol–water partition coefficient (Wildman–Crippen LogP) is 4.94. The molecule has 0 spiro atoms. The van der Waals surface area contributed by atoms with E-state index in [1.54, 1.807) is 0 Å². The van der Waals surface area contributed by atoms with Crippen molar-refractivity contribution in [2.75, 3.05) is 0 Å². The first-order chi connectivity index (χ1) is 7.13. The minimum Gasteiger partial charge on any atom is -0.298 e. The molecule has 4 heteroatoms. The summed E-state index contributed by atoms with van der Waals surface area (Å²) >= 11 is 10.3. The molecule has 0 fully saturated rings. The minimum atomic E-state index is 0.664. The zero-order valence-electron chi connectivity index (χ0n) is 7.43. The second kappa shape index (κ2) is 4.36. The van der Waals surface area contributed by atoms with Gasteiger partial charge < -0.3 is 0 Å². The van der Waals surface area contributed by atoms with E-state index in [2.05, 4.69) is 47.8 Å².